The van der Waals surface area contributed by atoms with Crippen molar-refractivity contribution in [2.24, 2.45) is 5.73 Å². The van der Waals surface area contributed by atoms with E-state index in [0.717, 1.165) is 25.1 Å². The van der Waals surface area contributed by atoms with E-state index in [4.69, 9.17) is 5.73 Å². The lowest BCUT2D eigenvalue weighted by molar-refractivity contribution is 0.106. The number of aromatic hydroxyl groups is 1. The van der Waals surface area contributed by atoms with E-state index in [1.807, 2.05) is 12.1 Å². The van der Waals surface area contributed by atoms with Gasteiger partial charge in [-0.05, 0) is 51.1 Å². The number of nitrogens with two attached hydrogens (primary N) is 1. The van der Waals surface area contributed by atoms with E-state index < -0.39 is 0 Å². The fourth-order valence-electron chi connectivity index (χ4n) is 2.46. The Balaban J connectivity index is 2.78. The van der Waals surface area contributed by atoms with Crippen LogP contribution in [0.2, 0.25) is 0 Å². The lowest BCUT2D eigenvalue weighted by Crippen LogP contribution is -2.56. The summed E-state index contributed by atoms with van der Waals surface area (Å²) in [7, 11) is 0. The zero-order valence-electron chi connectivity index (χ0n) is 12.0. The largest absolute Gasteiger partial charge is 0.508 e. The van der Waals surface area contributed by atoms with Gasteiger partial charge in [0.25, 0.3) is 0 Å². The molecular formula is C15H26N2O. The van der Waals surface area contributed by atoms with Crippen molar-refractivity contribution in [1.29, 1.82) is 0 Å². The molecule has 0 aliphatic rings. The number of phenols is 1. The Morgan fingerprint density at radius 3 is 2.39 bits per heavy atom. The van der Waals surface area contributed by atoms with E-state index in [-0.39, 0.29) is 11.6 Å². The first kappa shape index (κ1) is 15.0. The van der Waals surface area contributed by atoms with Gasteiger partial charge in [0.05, 0.1) is 0 Å². The lowest BCUT2D eigenvalue weighted by Gasteiger charge is -2.42. The summed E-state index contributed by atoms with van der Waals surface area (Å²) in [5, 5.41) is 9.48. The molecule has 18 heavy (non-hydrogen) atoms. The van der Waals surface area contributed by atoms with Gasteiger partial charge in [-0.25, -0.2) is 0 Å². The summed E-state index contributed by atoms with van der Waals surface area (Å²) in [5.41, 5.74) is 7.40. The van der Waals surface area contributed by atoms with E-state index in [2.05, 4.69) is 32.6 Å². The summed E-state index contributed by atoms with van der Waals surface area (Å²) in [4.78, 5) is 2.38. The van der Waals surface area contributed by atoms with Crippen molar-refractivity contribution in [3.8, 4) is 5.75 Å². The lowest BCUT2D eigenvalue weighted by atomic mass is 9.88. The molecule has 102 valence electrons. The van der Waals surface area contributed by atoms with Gasteiger partial charge in [-0.1, -0.05) is 26.0 Å². The Morgan fingerprint density at radius 1 is 1.28 bits per heavy atom. The number of nitrogens with zero attached hydrogens (tertiary/aromatic N) is 1. The topological polar surface area (TPSA) is 49.5 Å². The van der Waals surface area contributed by atoms with Gasteiger partial charge in [0, 0.05) is 11.6 Å². The van der Waals surface area contributed by atoms with E-state index in [1.54, 1.807) is 12.1 Å². The number of hydrogen-bond donors (Lipinski definition) is 2. The molecule has 0 fully saturated rings. The maximum absolute atomic E-state index is 9.48. The molecule has 0 spiro atoms. The highest BCUT2D eigenvalue weighted by Gasteiger charge is 2.31. The molecule has 0 saturated carbocycles. The molecule has 1 aromatic rings. The fourth-order valence-corrected chi connectivity index (χ4v) is 2.46. The van der Waals surface area contributed by atoms with Gasteiger partial charge < -0.3 is 10.8 Å². The minimum atomic E-state index is -0.0467. The monoisotopic (exact) mass is 250 g/mol. The summed E-state index contributed by atoms with van der Waals surface area (Å²) in [6.45, 7) is 10.7. The highest BCUT2D eigenvalue weighted by Crippen LogP contribution is 2.21. The molecular weight excluding hydrogens is 224 g/mol. The standard InChI is InChI=1S/C15H26N2O/c1-5-17(6-2)15(3,4)14(16)11-12-8-7-9-13(18)10-12/h7-10,14,18H,5-6,11,16H2,1-4H3. The molecule has 0 aromatic heterocycles. The second kappa shape index (κ2) is 6.21. The van der Waals surface area contributed by atoms with Crippen molar-refractivity contribution in [3.05, 3.63) is 29.8 Å². The summed E-state index contributed by atoms with van der Waals surface area (Å²) in [5.74, 6) is 0.306. The smallest absolute Gasteiger partial charge is 0.115 e. The molecule has 0 saturated heterocycles. The third-order valence-corrected chi connectivity index (χ3v) is 3.85. The third-order valence-electron chi connectivity index (χ3n) is 3.85. The van der Waals surface area contributed by atoms with E-state index in [9.17, 15) is 5.11 Å². The number of likely N-dealkylation sites (N-methyl/N-ethyl adjacent to an activating group) is 1. The van der Waals surface area contributed by atoms with Crippen LogP contribution >= 0.6 is 0 Å². The molecule has 0 radical (unpaired) electrons. The van der Waals surface area contributed by atoms with E-state index in [1.165, 1.54) is 0 Å². The Kier molecular flexibility index (Phi) is 5.17. The maximum Gasteiger partial charge on any atom is 0.115 e. The summed E-state index contributed by atoms with van der Waals surface area (Å²) < 4.78 is 0. The molecule has 3 N–H and O–H groups in total. The van der Waals surface area contributed by atoms with Crippen LogP contribution in [0.3, 0.4) is 0 Å². The molecule has 0 aliphatic heterocycles. The molecule has 1 aromatic carbocycles. The number of benzene rings is 1. The first-order valence-corrected chi connectivity index (χ1v) is 6.70. The molecule has 0 aliphatic carbocycles. The zero-order valence-corrected chi connectivity index (χ0v) is 12.0. The van der Waals surface area contributed by atoms with Crippen LogP contribution in [-0.4, -0.2) is 34.7 Å². The zero-order chi connectivity index (χ0) is 13.8. The maximum atomic E-state index is 9.48. The summed E-state index contributed by atoms with van der Waals surface area (Å²) in [6.07, 6.45) is 0.776. The second-order valence-electron chi connectivity index (χ2n) is 5.31. The van der Waals surface area contributed by atoms with Crippen LogP contribution in [0, 0.1) is 0 Å². The predicted octanol–water partition coefficient (Wildman–Crippen LogP) is 2.38. The number of rotatable bonds is 6. The normalized spacial score (nSPS) is 13.9. The van der Waals surface area contributed by atoms with Gasteiger partial charge in [0.15, 0.2) is 0 Å². The predicted molar refractivity (Wildman–Crippen MR) is 76.8 cm³/mol. The molecule has 0 heterocycles. The van der Waals surface area contributed by atoms with Crippen LogP contribution in [0.5, 0.6) is 5.75 Å². The molecule has 0 bridgehead atoms. The third kappa shape index (κ3) is 3.47. The Morgan fingerprint density at radius 2 is 1.89 bits per heavy atom. The van der Waals surface area contributed by atoms with Gasteiger partial charge in [0.1, 0.15) is 5.75 Å². The number of hydrogen-bond acceptors (Lipinski definition) is 3. The first-order chi connectivity index (χ1) is 8.41. The molecule has 1 rings (SSSR count). The van der Waals surface area contributed by atoms with Crippen molar-refractivity contribution in [1.82, 2.24) is 4.90 Å². The SMILES string of the molecule is CCN(CC)C(C)(C)C(N)Cc1cccc(O)c1. The molecule has 3 nitrogen and oxygen atoms in total. The van der Waals surface area contributed by atoms with Crippen LogP contribution in [0.1, 0.15) is 33.3 Å². The average molecular weight is 250 g/mol. The minimum Gasteiger partial charge on any atom is -0.508 e. The highest BCUT2D eigenvalue weighted by atomic mass is 16.3. The van der Waals surface area contributed by atoms with Gasteiger partial charge in [-0.15, -0.1) is 0 Å². The quantitative estimate of drug-likeness (QED) is 0.815. The van der Waals surface area contributed by atoms with Gasteiger partial charge in [-0.3, -0.25) is 4.90 Å². The minimum absolute atomic E-state index is 0.0409. The van der Waals surface area contributed by atoms with Crippen LogP contribution in [0.4, 0.5) is 0 Å². The van der Waals surface area contributed by atoms with Gasteiger partial charge in [-0.2, -0.15) is 0 Å². The van der Waals surface area contributed by atoms with Crippen molar-refractivity contribution in [3.63, 3.8) is 0 Å². The van der Waals surface area contributed by atoms with E-state index in [0.29, 0.717) is 5.75 Å². The summed E-state index contributed by atoms with van der Waals surface area (Å²) >= 11 is 0. The van der Waals surface area contributed by atoms with Crippen molar-refractivity contribution >= 4 is 0 Å². The van der Waals surface area contributed by atoms with Gasteiger partial charge >= 0.3 is 0 Å². The fraction of sp³-hybridized carbons (Fsp3) is 0.600. The van der Waals surface area contributed by atoms with Crippen molar-refractivity contribution in [2.75, 3.05) is 13.1 Å². The van der Waals surface area contributed by atoms with Gasteiger partial charge in [0.2, 0.25) is 0 Å². The summed E-state index contributed by atoms with van der Waals surface area (Å²) in [6, 6.07) is 7.39. The van der Waals surface area contributed by atoms with Crippen LogP contribution in [0.15, 0.2) is 24.3 Å². The van der Waals surface area contributed by atoms with Crippen molar-refractivity contribution in [2.45, 2.75) is 45.7 Å². The van der Waals surface area contributed by atoms with Crippen LogP contribution in [-0.2, 0) is 6.42 Å². The van der Waals surface area contributed by atoms with E-state index >= 15 is 0 Å². The molecule has 1 atom stereocenters. The second-order valence-corrected chi connectivity index (χ2v) is 5.31. The Labute approximate surface area is 111 Å². The molecule has 0 amide bonds. The van der Waals surface area contributed by atoms with Crippen LogP contribution < -0.4 is 5.73 Å². The molecule has 3 heteroatoms. The van der Waals surface area contributed by atoms with Crippen molar-refractivity contribution < 1.29 is 5.11 Å². The average Bonchev–Trinajstić information content (AvgIpc) is 2.30. The Bertz CT molecular complexity index is 373. The number of phenolic OH excluding ortho intramolecular Hbond substituents is 1. The Hall–Kier alpha value is -1.06. The molecule has 1 unspecified atom stereocenters. The first-order valence-electron chi connectivity index (χ1n) is 6.70. The highest BCUT2D eigenvalue weighted by molar-refractivity contribution is 5.28. The van der Waals surface area contributed by atoms with Crippen LogP contribution in [0.25, 0.3) is 0 Å².